The molecule has 1 aliphatic heterocycles. The Kier molecular flexibility index (Phi) is 3.29. The predicted octanol–water partition coefficient (Wildman–Crippen LogP) is 1.92. The van der Waals surface area contributed by atoms with Gasteiger partial charge in [-0.15, -0.1) is 0 Å². The van der Waals surface area contributed by atoms with Crippen molar-refractivity contribution in [2.75, 3.05) is 23.8 Å². The second-order valence-electron chi connectivity index (χ2n) is 4.08. The number of nitrogens with zero attached hydrogens (tertiary/aromatic N) is 2. The highest BCUT2D eigenvalue weighted by atomic mass is 16.2. The van der Waals surface area contributed by atoms with Gasteiger partial charge >= 0.3 is 0 Å². The zero-order valence-corrected chi connectivity index (χ0v) is 9.86. The summed E-state index contributed by atoms with van der Waals surface area (Å²) in [4.78, 5) is 13.6. The van der Waals surface area contributed by atoms with Crippen LogP contribution in [0.4, 0.5) is 11.4 Å². The monoisotopic (exact) mass is 229 g/mol. The maximum Gasteiger partial charge on any atom is 0.231 e. The Balaban J connectivity index is 2.17. The van der Waals surface area contributed by atoms with Crippen LogP contribution < -0.4 is 10.2 Å². The molecule has 17 heavy (non-hydrogen) atoms. The Morgan fingerprint density at radius 2 is 2.35 bits per heavy atom. The number of unbranched alkanes of at least 4 members (excludes halogenated alkanes) is 1. The largest absolute Gasteiger partial charge is 0.388 e. The zero-order chi connectivity index (χ0) is 12.3. The maximum atomic E-state index is 11.8. The van der Waals surface area contributed by atoms with E-state index < -0.39 is 0 Å². The van der Waals surface area contributed by atoms with Crippen LogP contribution in [0.1, 0.15) is 18.4 Å². The van der Waals surface area contributed by atoms with Crippen LogP contribution in [0.15, 0.2) is 18.2 Å². The van der Waals surface area contributed by atoms with Gasteiger partial charge < -0.3 is 10.2 Å². The molecule has 1 aromatic carbocycles. The average Bonchev–Trinajstić information content (AvgIpc) is 2.65. The van der Waals surface area contributed by atoms with E-state index in [9.17, 15) is 4.79 Å². The van der Waals surface area contributed by atoms with Crippen molar-refractivity contribution in [2.24, 2.45) is 0 Å². The summed E-state index contributed by atoms with van der Waals surface area (Å²) in [6.07, 6.45) is 1.70. The molecule has 0 fully saturated rings. The third kappa shape index (κ3) is 2.23. The Labute approximate surface area is 101 Å². The van der Waals surface area contributed by atoms with Crippen molar-refractivity contribution in [1.82, 2.24) is 0 Å². The number of rotatable bonds is 4. The molecule has 88 valence electrons. The molecular weight excluding hydrogens is 214 g/mol. The Bertz CT molecular complexity index is 476. The summed E-state index contributed by atoms with van der Waals surface area (Å²) >= 11 is 0. The number of hydrogen-bond acceptors (Lipinski definition) is 3. The van der Waals surface area contributed by atoms with E-state index >= 15 is 0 Å². The number of nitriles is 1. The number of hydrogen-bond donors (Lipinski definition) is 1. The number of carbonyl (C=O) groups excluding carboxylic acids is 1. The standard InChI is InChI=1S/C13H15N3O/c1-15-11-4-5-12-10(8-11)9-13(17)16(12)7-3-2-6-14/h4-5,8,15H,2-3,7,9H2,1H3. The summed E-state index contributed by atoms with van der Waals surface area (Å²) in [5, 5.41) is 11.6. The van der Waals surface area contributed by atoms with Crippen LogP contribution in [0.25, 0.3) is 0 Å². The normalized spacial score (nSPS) is 13.4. The molecule has 0 spiro atoms. The van der Waals surface area contributed by atoms with Crippen molar-refractivity contribution in [3.05, 3.63) is 23.8 Å². The van der Waals surface area contributed by atoms with Gasteiger partial charge in [0.15, 0.2) is 0 Å². The van der Waals surface area contributed by atoms with Crippen LogP contribution in [-0.4, -0.2) is 19.5 Å². The van der Waals surface area contributed by atoms with Gasteiger partial charge in [-0.2, -0.15) is 5.26 Å². The summed E-state index contributed by atoms with van der Waals surface area (Å²) in [5.74, 6) is 0.131. The smallest absolute Gasteiger partial charge is 0.231 e. The zero-order valence-electron chi connectivity index (χ0n) is 9.86. The van der Waals surface area contributed by atoms with Gasteiger partial charge in [-0.25, -0.2) is 0 Å². The molecule has 0 saturated heterocycles. The first-order valence-corrected chi connectivity index (χ1v) is 5.74. The van der Waals surface area contributed by atoms with Crippen molar-refractivity contribution in [3.63, 3.8) is 0 Å². The lowest BCUT2D eigenvalue weighted by atomic mass is 10.1. The van der Waals surface area contributed by atoms with Gasteiger partial charge in [0.2, 0.25) is 5.91 Å². The minimum atomic E-state index is 0.131. The van der Waals surface area contributed by atoms with Gasteiger partial charge in [0.1, 0.15) is 0 Å². The summed E-state index contributed by atoms with van der Waals surface area (Å²) < 4.78 is 0. The topological polar surface area (TPSA) is 56.1 Å². The molecule has 0 aliphatic carbocycles. The molecule has 1 N–H and O–H groups in total. The fraction of sp³-hybridized carbons (Fsp3) is 0.385. The average molecular weight is 229 g/mol. The van der Waals surface area contributed by atoms with E-state index in [1.54, 1.807) is 4.90 Å². The molecule has 4 heteroatoms. The molecule has 0 unspecified atom stereocenters. The van der Waals surface area contributed by atoms with Crippen LogP contribution >= 0.6 is 0 Å². The quantitative estimate of drug-likeness (QED) is 0.802. The molecule has 1 amide bonds. The van der Waals surface area contributed by atoms with Crippen LogP contribution in [0.3, 0.4) is 0 Å². The fourth-order valence-corrected chi connectivity index (χ4v) is 2.10. The van der Waals surface area contributed by atoms with E-state index in [2.05, 4.69) is 11.4 Å². The second kappa shape index (κ2) is 4.88. The molecule has 4 nitrogen and oxygen atoms in total. The van der Waals surface area contributed by atoms with Crippen LogP contribution in [0.2, 0.25) is 0 Å². The lowest BCUT2D eigenvalue weighted by Crippen LogP contribution is -2.27. The third-order valence-electron chi connectivity index (χ3n) is 2.97. The first-order chi connectivity index (χ1) is 8.26. The third-order valence-corrected chi connectivity index (χ3v) is 2.97. The SMILES string of the molecule is CNc1ccc2c(c1)CC(=O)N2CCCC#N. The van der Waals surface area contributed by atoms with Gasteiger partial charge in [0.05, 0.1) is 12.5 Å². The van der Waals surface area contributed by atoms with E-state index in [4.69, 9.17) is 5.26 Å². The van der Waals surface area contributed by atoms with Crippen LogP contribution in [-0.2, 0) is 11.2 Å². The van der Waals surface area contributed by atoms with Crippen molar-refractivity contribution in [1.29, 1.82) is 5.26 Å². The van der Waals surface area contributed by atoms with Gasteiger partial charge in [0.25, 0.3) is 0 Å². The number of carbonyl (C=O) groups is 1. The molecule has 1 aliphatic rings. The minimum Gasteiger partial charge on any atom is -0.388 e. The van der Waals surface area contributed by atoms with Crippen molar-refractivity contribution in [2.45, 2.75) is 19.3 Å². The highest BCUT2D eigenvalue weighted by Gasteiger charge is 2.26. The number of nitrogens with one attached hydrogen (secondary N) is 1. The Morgan fingerprint density at radius 3 is 3.06 bits per heavy atom. The molecule has 0 radical (unpaired) electrons. The van der Waals surface area contributed by atoms with E-state index in [1.165, 1.54) is 0 Å². The van der Waals surface area contributed by atoms with Gasteiger partial charge in [-0.05, 0) is 30.2 Å². The van der Waals surface area contributed by atoms with Crippen LogP contribution in [0.5, 0.6) is 0 Å². The number of anilines is 2. The summed E-state index contributed by atoms with van der Waals surface area (Å²) in [6.45, 7) is 0.637. The highest BCUT2D eigenvalue weighted by molar-refractivity contribution is 6.01. The van der Waals surface area contributed by atoms with E-state index in [1.807, 2.05) is 25.2 Å². The van der Waals surface area contributed by atoms with Crippen molar-refractivity contribution >= 4 is 17.3 Å². The highest BCUT2D eigenvalue weighted by Crippen LogP contribution is 2.31. The Morgan fingerprint density at radius 1 is 1.53 bits per heavy atom. The molecule has 1 aromatic rings. The summed E-state index contributed by atoms with van der Waals surface area (Å²) in [6, 6.07) is 8.05. The lowest BCUT2D eigenvalue weighted by Gasteiger charge is -2.16. The van der Waals surface area contributed by atoms with Crippen molar-refractivity contribution < 1.29 is 4.79 Å². The molecule has 0 aromatic heterocycles. The van der Waals surface area contributed by atoms with Gasteiger partial charge in [-0.3, -0.25) is 4.79 Å². The first kappa shape index (κ1) is 11.5. The fourth-order valence-electron chi connectivity index (χ4n) is 2.10. The molecule has 2 rings (SSSR count). The molecule has 0 bridgehead atoms. The molecule has 1 heterocycles. The van der Waals surface area contributed by atoms with Gasteiger partial charge in [-0.1, -0.05) is 0 Å². The maximum absolute atomic E-state index is 11.8. The Hall–Kier alpha value is -2.02. The van der Waals surface area contributed by atoms with Gasteiger partial charge in [0, 0.05) is 31.4 Å². The van der Waals surface area contributed by atoms with E-state index in [0.717, 1.165) is 23.4 Å². The number of amides is 1. The lowest BCUT2D eigenvalue weighted by molar-refractivity contribution is -0.117. The molecule has 0 saturated carbocycles. The summed E-state index contributed by atoms with van der Waals surface area (Å²) in [5.41, 5.74) is 3.08. The van der Waals surface area contributed by atoms with Crippen molar-refractivity contribution in [3.8, 4) is 6.07 Å². The van der Waals surface area contributed by atoms with Crippen LogP contribution in [0, 0.1) is 11.3 Å². The van der Waals surface area contributed by atoms with E-state index in [-0.39, 0.29) is 5.91 Å². The first-order valence-electron chi connectivity index (χ1n) is 5.74. The number of benzene rings is 1. The minimum absolute atomic E-state index is 0.131. The van der Waals surface area contributed by atoms with E-state index in [0.29, 0.717) is 19.4 Å². The second-order valence-corrected chi connectivity index (χ2v) is 4.08. The number of fused-ring (bicyclic) bond motifs is 1. The molecule has 0 atom stereocenters. The predicted molar refractivity (Wildman–Crippen MR) is 66.9 cm³/mol. The molecular formula is C13H15N3O. The summed E-state index contributed by atoms with van der Waals surface area (Å²) in [7, 11) is 1.86.